The van der Waals surface area contributed by atoms with Gasteiger partial charge in [0.2, 0.25) is 5.91 Å². The van der Waals surface area contributed by atoms with Gasteiger partial charge in [-0.15, -0.1) is 0 Å². The Kier molecular flexibility index (Phi) is 6.54. The first-order valence-corrected chi connectivity index (χ1v) is 9.88. The minimum atomic E-state index is -0.179. The van der Waals surface area contributed by atoms with E-state index in [2.05, 4.69) is 16.7 Å². The van der Waals surface area contributed by atoms with Gasteiger partial charge in [-0.25, -0.2) is 0 Å². The van der Waals surface area contributed by atoms with Crippen LogP contribution in [0.3, 0.4) is 0 Å². The van der Waals surface area contributed by atoms with Crippen molar-refractivity contribution in [3.8, 4) is 5.75 Å². The predicted octanol–water partition coefficient (Wildman–Crippen LogP) is 2.19. The number of aryl methyl sites for hydroxylation is 2. The lowest BCUT2D eigenvalue weighted by atomic mass is 9.71. The van der Waals surface area contributed by atoms with E-state index in [0.717, 1.165) is 55.6 Å². The second kappa shape index (κ2) is 8.87. The summed E-state index contributed by atoms with van der Waals surface area (Å²) < 4.78 is 5.37. The summed E-state index contributed by atoms with van der Waals surface area (Å²) in [4.78, 5) is 12.6. The molecule has 144 valence electrons. The van der Waals surface area contributed by atoms with E-state index in [1.807, 2.05) is 19.1 Å². The van der Waals surface area contributed by atoms with Crippen LogP contribution in [0, 0.1) is 18.8 Å². The molecule has 1 atom stereocenters. The van der Waals surface area contributed by atoms with Crippen molar-refractivity contribution in [3.63, 3.8) is 0 Å². The minimum absolute atomic E-state index is 0.120. The van der Waals surface area contributed by atoms with Crippen LogP contribution in [0.25, 0.3) is 0 Å². The van der Waals surface area contributed by atoms with Gasteiger partial charge in [-0.1, -0.05) is 12.1 Å². The highest BCUT2D eigenvalue weighted by molar-refractivity contribution is 5.76. The van der Waals surface area contributed by atoms with Gasteiger partial charge in [-0.3, -0.25) is 4.79 Å². The van der Waals surface area contributed by atoms with Crippen molar-refractivity contribution >= 4 is 5.91 Å². The lowest BCUT2D eigenvalue weighted by Crippen LogP contribution is -2.52. The third kappa shape index (κ3) is 4.77. The minimum Gasteiger partial charge on any atom is -0.496 e. The first-order chi connectivity index (χ1) is 12.6. The van der Waals surface area contributed by atoms with Gasteiger partial charge in [0.05, 0.1) is 13.2 Å². The summed E-state index contributed by atoms with van der Waals surface area (Å²) in [6.45, 7) is 4.07. The Morgan fingerprint density at radius 2 is 2.04 bits per heavy atom. The number of hydrogen-bond acceptors (Lipinski definition) is 4. The second-order valence-corrected chi connectivity index (χ2v) is 7.87. The predicted molar refractivity (Wildman–Crippen MR) is 102 cm³/mol. The number of nitrogens with one attached hydrogen (secondary N) is 2. The zero-order valence-corrected chi connectivity index (χ0v) is 16.0. The van der Waals surface area contributed by atoms with Crippen LogP contribution in [0.2, 0.25) is 0 Å². The van der Waals surface area contributed by atoms with Crippen LogP contribution < -0.4 is 15.4 Å². The Morgan fingerprint density at radius 1 is 1.31 bits per heavy atom. The molecule has 0 aromatic heterocycles. The lowest BCUT2D eigenvalue weighted by Gasteiger charge is -2.43. The summed E-state index contributed by atoms with van der Waals surface area (Å²) in [6.07, 6.45) is 4.88. The van der Waals surface area contributed by atoms with Crippen molar-refractivity contribution < 1.29 is 14.6 Å². The molecule has 2 aliphatic rings. The number of aliphatic hydroxyl groups excluding tert-OH is 1. The van der Waals surface area contributed by atoms with Crippen molar-refractivity contribution in [2.75, 3.05) is 20.2 Å². The number of carbonyl (C=O) groups is 1. The number of piperidine rings is 1. The smallest absolute Gasteiger partial charge is 0.220 e. The van der Waals surface area contributed by atoms with Crippen LogP contribution in [0.5, 0.6) is 5.75 Å². The van der Waals surface area contributed by atoms with Gasteiger partial charge < -0.3 is 20.5 Å². The van der Waals surface area contributed by atoms with Gasteiger partial charge in [0.25, 0.3) is 0 Å². The third-order valence-corrected chi connectivity index (χ3v) is 5.99. The molecule has 0 spiro atoms. The zero-order valence-electron chi connectivity index (χ0n) is 16.0. The number of carbonyl (C=O) groups excluding carboxylic acids is 1. The fraction of sp³-hybridized carbons (Fsp3) is 0.667. The average Bonchev–Trinajstić information content (AvgIpc) is 2.64. The Bertz CT molecular complexity index is 607. The van der Waals surface area contributed by atoms with E-state index < -0.39 is 0 Å². The van der Waals surface area contributed by atoms with E-state index >= 15 is 0 Å². The summed E-state index contributed by atoms with van der Waals surface area (Å²) >= 11 is 0. The lowest BCUT2D eigenvalue weighted by molar-refractivity contribution is -0.123. The fourth-order valence-electron chi connectivity index (χ4n) is 4.28. The van der Waals surface area contributed by atoms with E-state index in [9.17, 15) is 9.90 Å². The highest BCUT2D eigenvalue weighted by Gasteiger charge is 2.39. The number of amides is 1. The standard InChI is InChI=1S/C21H32N2O3/c1-14-3-4-15(11-19(14)26-2)5-6-20(25)23-21(17-12-18(24)13-17)16-7-9-22-10-8-16/h3-4,11,16-18,21-22,24H,5-10,12-13H2,1-2H3,(H,23,25). The van der Waals surface area contributed by atoms with Crippen LogP contribution in [0.15, 0.2) is 18.2 Å². The Morgan fingerprint density at radius 3 is 2.69 bits per heavy atom. The highest BCUT2D eigenvalue weighted by atomic mass is 16.5. The fourth-order valence-corrected chi connectivity index (χ4v) is 4.28. The Labute approximate surface area is 156 Å². The van der Waals surface area contributed by atoms with E-state index in [1.54, 1.807) is 7.11 Å². The molecule has 5 heteroatoms. The number of methoxy groups -OCH3 is 1. The molecule has 5 nitrogen and oxygen atoms in total. The van der Waals surface area contributed by atoms with E-state index in [-0.39, 0.29) is 18.1 Å². The van der Waals surface area contributed by atoms with E-state index in [4.69, 9.17) is 4.74 Å². The monoisotopic (exact) mass is 360 g/mol. The molecule has 3 N–H and O–H groups in total. The topological polar surface area (TPSA) is 70.6 Å². The maximum atomic E-state index is 12.6. The molecule has 0 radical (unpaired) electrons. The maximum absolute atomic E-state index is 12.6. The number of rotatable bonds is 7. The number of ether oxygens (including phenoxy) is 1. The first-order valence-electron chi connectivity index (χ1n) is 9.88. The SMILES string of the molecule is COc1cc(CCC(=O)NC(C2CCNCC2)C2CC(O)C2)ccc1C. The number of hydrogen-bond donors (Lipinski definition) is 3. The molecular weight excluding hydrogens is 328 g/mol. The maximum Gasteiger partial charge on any atom is 0.220 e. The quantitative estimate of drug-likeness (QED) is 0.697. The molecule has 1 aliphatic heterocycles. The van der Waals surface area contributed by atoms with Crippen LogP contribution in [-0.4, -0.2) is 43.4 Å². The van der Waals surface area contributed by atoms with Crippen molar-refractivity contribution in [1.29, 1.82) is 0 Å². The van der Waals surface area contributed by atoms with Crippen molar-refractivity contribution in [3.05, 3.63) is 29.3 Å². The molecule has 1 aromatic rings. The molecule has 1 aliphatic carbocycles. The summed E-state index contributed by atoms with van der Waals surface area (Å²) in [7, 11) is 1.68. The van der Waals surface area contributed by atoms with Crippen molar-refractivity contribution in [1.82, 2.24) is 10.6 Å². The zero-order chi connectivity index (χ0) is 18.5. The van der Waals surface area contributed by atoms with Gasteiger partial charge in [0.15, 0.2) is 0 Å². The molecular formula is C21H32N2O3. The summed E-state index contributed by atoms with van der Waals surface area (Å²) in [5.41, 5.74) is 2.23. The Hall–Kier alpha value is -1.59. The molecule has 0 bridgehead atoms. The Balaban J connectivity index is 1.55. The van der Waals surface area contributed by atoms with Gasteiger partial charge in [0, 0.05) is 12.5 Å². The molecule has 26 heavy (non-hydrogen) atoms. The van der Waals surface area contributed by atoms with Gasteiger partial charge in [-0.05, 0) is 81.1 Å². The van der Waals surface area contributed by atoms with E-state index in [1.165, 1.54) is 0 Å². The molecule has 1 heterocycles. The van der Waals surface area contributed by atoms with E-state index in [0.29, 0.717) is 24.7 Å². The number of aliphatic hydroxyl groups is 1. The van der Waals surface area contributed by atoms with Crippen LogP contribution in [0.4, 0.5) is 0 Å². The summed E-state index contributed by atoms with van der Waals surface area (Å²) in [6, 6.07) is 6.34. The third-order valence-electron chi connectivity index (χ3n) is 5.99. The van der Waals surface area contributed by atoms with Crippen molar-refractivity contribution in [2.24, 2.45) is 11.8 Å². The molecule has 1 unspecified atom stereocenters. The van der Waals surface area contributed by atoms with Gasteiger partial charge in [0.1, 0.15) is 5.75 Å². The van der Waals surface area contributed by atoms with Crippen LogP contribution in [0.1, 0.15) is 43.2 Å². The molecule has 3 rings (SSSR count). The van der Waals surface area contributed by atoms with Gasteiger partial charge >= 0.3 is 0 Å². The average molecular weight is 360 g/mol. The molecule has 1 amide bonds. The summed E-state index contributed by atoms with van der Waals surface area (Å²) in [5.74, 6) is 1.95. The molecule has 1 saturated heterocycles. The van der Waals surface area contributed by atoms with Crippen LogP contribution >= 0.6 is 0 Å². The van der Waals surface area contributed by atoms with Crippen LogP contribution in [-0.2, 0) is 11.2 Å². The van der Waals surface area contributed by atoms with Crippen molar-refractivity contribution in [2.45, 2.75) is 57.6 Å². The number of benzene rings is 1. The largest absolute Gasteiger partial charge is 0.496 e. The normalized spacial score (nSPS) is 24.6. The summed E-state index contributed by atoms with van der Waals surface area (Å²) in [5, 5.41) is 16.4. The molecule has 1 saturated carbocycles. The molecule has 1 aromatic carbocycles. The molecule has 2 fully saturated rings. The van der Waals surface area contributed by atoms with Gasteiger partial charge in [-0.2, -0.15) is 0 Å². The highest BCUT2D eigenvalue weighted by Crippen LogP contribution is 2.35. The first kappa shape index (κ1) is 19.2. The second-order valence-electron chi connectivity index (χ2n) is 7.87.